The molecule has 160 valence electrons. The van der Waals surface area contributed by atoms with Gasteiger partial charge in [0.25, 0.3) is 5.91 Å². The summed E-state index contributed by atoms with van der Waals surface area (Å²) < 4.78 is 19.4. The fourth-order valence-corrected chi connectivity index (χ4v) is 4.65. The molecule has 4 nitrogen and oxygen atoms in total. The molecule has 0 unspecified atom stereocenters. The minimum absolute atomic E-state index is 0.0127. The van der Waals surface area contributed by atoms with Crippen LogP contribution in [0.2, 0.25) is 0 Å². The van der Waals surface area contributed by atoms with E-state index in [1.54, 1.807) is 0 Å². The molecule has 1 N–H and O–H groups in total. The number of carbonyl (C=O) groups is 1. The Morgan fingerprint density at radius 2 is 1.80 bits per heavy atom. The second kappa shape index (κ2) is 9.71. The average Bonchev–Trinajstić information content (AvgIpc) is 3.17. The van der Waals surface area contributed by atoms with Crippen LogP contribution in [0, 0.1) is 5.82 Å². The van der Waals surface area contributed by atoms with E-state index in [0.29, 0.717) is 12.1 Å². The van der Waals surface area contributed by atoms with E-state index < -0.39 is 0 Å². The normalized spacial score (nSPS) is 21.0. The fourth-order valence-electron chi connectivity index (χ4n) is 4.65. The highest BCUT2D eigenvalue weighted by atomic mass is 19.1. The van der Waals surface area contributed by atoms with Gasteiger partial charge in [-0.1, -0.05) is 30.3 Å². The largest absolute Gasteiger partial charge is 0.370 e. The number of nitrogens with one attached hydrogen (secondary N) is 1. The van der Waals surface area contributed by atoms with Crippen LogP contribution in [0.4, 0.5) is 4.39 Å². The molecule has 30 heavy (non-hydrogen) atoms. The lowest BCUT2D eigenvalue weighted by atomic mass is 9.88. The minimum Gasteiger partial charge on any atom is -0.370 e. The van der Waals surface area contributed by atoms with E-state index in [4.69, 9.17) is 4.74 Å². The maximum absolute atomic E-state index is 13.0. The number of piperidine rings is 1. The van der Waals surface area contributed by atoms with Gasteiger partial charge in [-0.25, -0.2) is 4.39 Å². The second-order valence-electron chi connectivity index (χ2n) is 8.61. The van der Waals surface area contributed by atoms with E-state index in [0.717, 1.165) is 51.7 Å². The molecule has 0 bridgehead atoms. The second-order valence-corrected chi connectivity index (χ2v) is 8.61. The Balaban J connectivity index is 1.16. The molecule has 2 aliphatic rings. The van der Waals surface area contributed by atoms with E-state index in [-0.39, 0.29) is 23.4 Å². The molecule has 0 radical (unpaired) electrons. The summed E-state index contributed by atoms with van der Waals surface area (Å²) in [6, 6.07) is 16.3. The van der Waals surface area contributed by atoms with Crippen molar-refractivity contribution >= 4 is 5.91 Å². The predicted molar refractivity (Wildman–Crippen MR) is 116 cm³/mol. The minimum atomic E-state index is -0.334. The summed E-state index contributed by atoms with van der Waals surface area (Å²) in [5, 5.41) is 2.94. The molecular formula is C25H31FN2O2. The molecule has 2 saturated heterocycles. The van der Waals surface area contributed by atoms with Gasteiger partial charge in [0.15, 0.2) is 0 Å². The Morgan fingerprint density at radius 1 is 1.07 bits per heavy atom. The van der Waals surface area contributed by atoms with Crippen LogP contribution in [0.1, 0.15) is 48.0 Å². The van der Waals surface area contributed by atoms with Crippen molar-refractivity contribution in [2.24, 2.45) is 0 Å². The van der Waals surface area contributed by atoms with Crippen molar-refractivity contribution in [2.75, 3.05) is 26.2 Å². The number of hydrogen-bond acceptors (Lipinski definition) is 3. The van der Waals surface area contributed by atoms with Crippen molar-refractivity contribution in [1.82, 2.24) is 10.2 Å². The first-order valence-electron chi connectivity index (χ1n) is 11.1. The molecule has 2 fully saturated rings. The van der Waals surface area contributed by atoms with Crippen LogP contribution in [-0.2, 0) is 11.2 Å². The number of rotatable bonds is 7. The van der Waals surface area contributed by atoms with Gasteiger partial charge in [-0.2, -0.15) is 0 Å². The highest BCUT2D eigenvalue weighted by molar-refractivity contribution is 5.94. The highest BCUT2D eigenvalue weighted by Gasteiger charge is 2.42. The van der Waals surface area contributed by atoms with Crippen LogP contribution < -0.4 is 5.32 Å². The summed E-state index contributed by atoms with van der Waals surface area (Å²) in [5.74, 6) is -0.508. The van der Waals surface area contributed by atoms with Gasteiger partial charge in [0, 0.05) is 25.2 Å². The zero-order valence-electron chi connectivity index (χ0n) is 17.5. The third-order valence-corrected chi connectivity index (χ3v) is 6.49. The molecule has 1 atom stereocenters. The summed E-state index contributed by atoms with van der Waals surface area (Å²) in [4.78, 5) is 14.8. The molecule has 2 aromatic rings. The maximum Gasteiger partial charge on any atom is 0.251 e. The zero-order valence-corrected chi connectivity index (χ0v) is 17.5. The van der Waals surface area contributed by atoms with Gasteiger partial charge in [-0.05, 0) is 74.9 Å². The number of likely N-dealkylation sites (tertiary alicyclic amines) is 1. The molecule has 2 heterocycles. The third-order valence-electron chi connectivity index (χ3n) is 6.49. The number of halogens is 1. The van der Waals surface area contributed by atoms with Crippen molar-refractivity contribution < 1.29 is 13.9 Å². The van der Waals surface area contributed by atoms with Crippen LogP contribution in [0.5, 0.6) is 0 Å². The highest BCUT2D eigenvalue weighted by Crippen LogP contribution is 2.38. The number of nitrogens with zero attached hydrogens (tertiary/aromatic N) is 1. The first-order valence-corrected chi connectivity index (χ1v) is 11.1. The molecule has 0 saturated carbocycles. The van der Waals surface area contributed by atoms with Crippen molar-refractivity contribution in [3.63, 3.8) is 0 Å². The standard InChI is InChI=1S/C25H31FN2O2/c26-22-10-8-21(9-11-22)24(29)27-19-23-12-13-25(30-23)14-17-28(18-15-25)16-4-7-20-5-2-1-3-6-20/h1-3,5-6,8-11,23H,4,7,12-19H2,(H,27,29)/t23-/m0/s1. The number of benzene rings is 2. The fraction of sp³-hybridized carbons (Fsp3) is 0.480. The maximum atomic E-state index is 13.0. The van der Waals surface area contributed by atoms with E-state index in [1.165, 1.54) is 36.2 Å². The van der Waals surface area contributed by atoms with Crippen LogP contribution in [0.25, 0.3) is 0 Å². The number of aryl methyl sites for hydroxylation is 1. The number of carbonyl (C=O) groups excluding carboxylic acids is 1. The van der Waals surface area contributed by atoms with Gasteiger partial charge in [0.1, 0.15) is 5.82 Å². The zero-order chi connectivity index (χ0) is 20.8. The van der Waals surface area contributed by atoms with Crippen LogP contribution in [-0.4, -0.2) is 48.7 Å². The number of ether oxygens (including phenoxy) is 1. The molecule has 1 spiro atoms. The van der Waals surface area contributed by atoms with Gasteiger partial charge >= 0.3 is 0 Å². The lowest BCUT2D eigenvalue weighted by Crippen LogP contribution is -2.45. The monoisotopic (exact) mass is 410 g/mol. The molecule has 2 aliphatic heterocycles. The Kier molecular flexibility index (Phi) is 6.80. The molecule has 2 aromatic carbocycles. The topological polar surface area (TPSA) is 41.6 Å². The Bertz CT molecular complexity index is 817. The van der Waals surface area contributed by atoms with Crippen LogP contribution >= 0.6 is 0 Å². The summed E-state index contributed by atoms with van der Waals surface area (Å²) in [5.41, 5.74) is 1.88. The van der Waals surface area contributed by atoms with Crippen molar-refractivity contribution in [2.45, 2.75) is 50.2 Å². The molecular weight excluding hydrogens is 379 g/mol. The van der Waals surface area contributed by atoms with Gasteiger partial charge < -0.3 is 15.0 Å². The van der Waals surface area contributed by atoms with Crippen molar-refractivity contribution in [3.05, 3.63) is 71.5 Å². The predicted octanol–water partition coefficient (Wildman–Crippen LogP) is 4.20. The lowest BCUT2D eigenvalue weighted by molar-refractivity contribution is -0.0754. The number of amides is 1. The lowest BCUT2D eigenvalue weighted by Gasteiger charge is -2.39. The quantitative estimate of drug-likeness (QED) is 0.744. The summed E-state index contributed by atoms with van der Waals surface area (Å²) in [6.07, 6.45) is 6.59. The van der Waals surface area contributed by atoms with E-state index in [2.05, 4.69) is 40.5 Å². The Hall–Kier alpha value is -2.24. The average molecular weight is 411 g/mol. The smallest absolute Gasteiger partial charge is 0.251 e. The summed E-state index contributed by atoms with van der Waals surface area (Å²) in [6.45, 7) is 3.83. The van der Waals surface area contributed by atoms with Gasteiger partial charge in [-0.3, -0.25) is 4.79 Å². The van der Waals surface area contributed by atoms with E-state index in [9.17, 15) is 9.18 Å². The van der Waals surface area contributed by atoms with Crippen molar-refractivity contribution in [3.8, 4) is 0 Å². The molecule has 1 amide bonds. The summed E-state index contributed by atoms with van der Waals surface area (Å²) in [7, 11) is 0. The van der Waals surface area contributed by atoms with E-state index >= 15 is 0 Å². The Labute approximate surface area is 178 Å². The molecule has 0 aromatic heterocycles. The first kappa shape index (κ1) is 21.0. The van der Waals surface area contributed by atoms with Gasteiger partial charge in [-0.15, -0.1) is 0 Å². The van der Waals surface area contributed by atoms with Gasteiger partial charge in [0.05, 0.1) is 11.7 Å². The van der Waals surface area contributed by atoms with Gasteiger partial charge in [0.2, 0.25) is 0 Å². The molecule has 4 rings (SSSR count). The SMILES string of the molecule is O=C(NC[C@@H]1CCC2(CCN(CCCc3ccccc3)CC2)O1)c1ccc(F)cc1. The molecule has 0 aliphatic carbocycles. The first-order chi connectivity index (χ1) is 14.6. The van der Waals surface area contributed by atoms with Crippen molar-refractivity contribution in [1.29, 1.82) is 0 Å². The van der Waals surface area contributed by atoms with E-state index in [1.807, 2.05) is 0 Å². The van der Waals surface area contributed by atoms with Crippen LogP contribution in [0.3, 0.4) is 0 Å². The number of hydrogen-bond donors (Lipinski definition) is 1. The molecule has 5 heteroatoms. The van der Waals surface area contributed by atoms with Crippen LogP contribution in [0.15, 0.2) is 54.6 Å². The summed E-state index contributed by atoms with van der Waals surface area (Å²) >= 11 is 0. The third kappa shape index (κ3) is 5.46. The Morgan fingerprint density at radius 3 is 2.53 bits per heavy atom.